The predicted molar refractivity (Wildman–Crippen MR) is 98.0 cm³/mol. The zero-order chi connectivity index (χ0) is 16.8. The van der Waals surface area contributed by atoms with Gasteiger partial charge in [-0.15, -0.1) is 0 Å². The average molecular weight is 382 g/mol. The molecule has 0 saturated carbocycles. The van der Waals surface area contributed by atoms with E-state index in [1.807, 2.05) is 54.6 Å². The van der Waals surface area contributed by atoms with E-state index in [0.717, 1.165) is 34.3 Å². The summed E-state index contributed by atoms with van der Waals surface area (Å²) in [5, 5.41) is 2.89. The molecule has 0 saturated heterocycles. The Kier molecular flexibility index (Phi) is 5.33. The van der Waals surface area contributed by atoms with Crippen LogP contribution in [-0.4, -0.2) is 15.9 Å². The fourth-order valence-corrected chi connectivity index (χ4v) is 2.88. The van der Waals surface area contributed by atoms with Gasteiger partial charge < -0.3 is 5.32 Å². The zero-order valence-corrected chi connectivity index (χ0v) is 14.5. The van der Waals surface area contributed by atoms with Crippen LogP contribution in [0.15, 0.2) is 71.6 Å². The number of para-hydroxylation sites is 1. The largest absolute Gasteiger partial charge is 0.321 e. The molecule has 0 aliphatic rings. The highest BCUT2D eigenvalue weighted by atomic mass is 79.9. The van der Waals surface area contributed by atoms with Crippen molar-refractivity contribution in [2.75, 3.05) is 5.32 Å². The van der Waals surface area contributed by atoms with Gasteiger partial charge in [-0.1, -0.05) is 30.3 Å². The van der Waals surface area contributed by atoms with E-state index >= 15 is 0 Å². The molecule has 3 rings (SSSR count). The van der Waals surface area contributed by atoms with E-state index < -0.39 is 0 Å². The Morgan fingerprint density at radius 2 is 1.54 bits per heavy atom. The zero-order valence-electron chi connectivity index (χ0n) is 12.9. The Balaban J connectivity index is 1.75. The number of nitrogens with one attached hydrogen (secondary N) is 1. The Hall–Kier alpha value is -2.53. The molecule has 4 nitrogen and oxygen atoms in total. The van der Waals surface area contributed by atoms with Crippen LogP contribution in [0.25, 0.3) is 0 Å². The number of carbonyl (C=O) groups excluding carboxylic acids is 1. The van der Waals surface area contributed by atoms with Crippen LogP contribution in [0.2, 0.25) is 0 Å². The number of nitrogens with zero attached hydrogens (tertiary/aromatic N) is 2. The predicted octanol–water partition coefficient (Wildman–Crippen LogP) is 4.28. The number of carbonyl (C=O) groups is 1. The van der Waals surface area contributed by atoms with E-state index in [-0.39, 0.29) is 5.91 Å². The highest BCUT2D eigenvalue weighted by Gasteiger charge is 2.13. The third-order valence-corrected chi connectivity index (χ3v) is 4.35. The lowest BCUT2D eigenvalue weighted by Gasteiger charge is -2.10. The maximum Gasteiger partial charge on any atom is 0.274 e. The van der Waals surface area contributed by atoms with E-state index in [0.29, 0.717) is 5.69 Å². The first kappa shape index (κ1) is 16.3. The average Bonchev–Trinajstić information content (AvgIpc) is 2.62. The molecule has 0 fully saturated rings. The van der Waals surface area contributed by atoms with E-state index in [4.69, 9.17) is 0 Å². The molecule has 0 unspecified atom stereocenters. The molecule has 1 aromatic carbocycles. The third-order valence-electron chi connectivity index (χ3n) is 3.64. The molecule has 0 spiro atoms. The summed E-state index contributed by atoms with van der Waals surface area (Å²) >= 11 is 3.46. The Bertz CT molecular complexity index is 837. The second kappa shape index (κ2) is 7.84. The lowest BCUT2D eigenvalue weighted by atomic mass is 10.0. The highest BCUT2D eigenvalue weighted by Crippen LogP contribution is 2.17. The van der Waals surface area contributed by atoms with Crippen LogP contribution in [0.5, 0.6) is 0 Å². The van der Waals surface area contributed by atoms with E-state index in [1.165, 1.54) is 0 Å². The van der Waals surface area contributed by atoms with E-state index in [9.17, 15) is 4.79 Å². The van der Waals surface area contributed by atoms with Gasteiger partial charge in [0.25, 0.3) is 5.91 Å². The van der Waals surface area contributed by atoms with Crippen molar-refractivity contribution in [2.24, 2.45) is 0 Å². The third kappa shape index (κ3) is 4.06. The molecule has 5 heteroatoms. The molecule has 120 valence electrons. The van der Waals surface area contributed by atoms with Gasteiger partial charge in [-0.3, -0.25) is 9.78 Å². The number of benzene rings is 1. The minimum absolute atomic E-state index is 0.193. The summed E-state index contributed by atoms with van der Waals surface area (Å²) in [6.45, 7) is 0. The van der Waals surface area contributed by atoms with Gasteiger partial charge in [-0.25, -0.2) is 4.98 Å². The first-order valence-corrected chi connectivity index (χ1v) is 8.43. The molecule has 3 aromatic rings. The van der Waals surface area contributed by atoms with Crippen molar-refractivity contribution in [3.63, 3.8) is 0 Å². The quantitative estimate of drug-likeness (QED) is 0.671. The lowest BCUT2D eigenvalue weighted by molar-refractivity contribution is 0.102. The molecule has 2 heterocycles. The smallest absolute Gasteiger partial charge is 0.274 e. The molecule has 24 heavy (non-hydrogen) atoms. The SMILES string of the molecule is O=C(Nc1ccccc1)c1ncccc1CCc1cccnc1Br. The maximum atomic E-state index is 12.5. The van der Waals surface area contributed by atoms with Crippen LogP contribution in [-0.2, 0) is 12.8 Å². The maximum absolute atomic E-state index is 12.5. The Morgan fingerprint density at radius 3 is 2.29 bits per heavy atom. The molecular weight excluding hydrogens is 366 g/mol. The summed E-state index contributed by atoms with van der Waals surface area (Å²) in [7, 11) is 0. The number of rotatable bonds is 5. The summed E-state index contributed by atoms with van der Waals surface area (Å²) < 4.78 is 0.837. The van der Waals surface area contributed by atoms with Crippen molar-refractivity contribution in [2.45, 2.75) is 12.8 Å². The van der Waals surface area contributed by atoms with Crippen LogP contribution in [0.4, 0.5) is 5.69 Å². The molecule has 2 aromatic heterocycles. The van der Waals surface area contributed by atoms with Crippen molar-refractivity contribution >= 4 is 27.5 Å². The molecular formula is C19H16BrN3O. The number of hydrogen-bond donors (Lipinski definition) is 1. The number of anilines is 1. The highest BCUT2D eigenvalue weighted by molar-refractivity contribution is 9.10. The molecule has 1 amide bonds. The Labute approximate surface area is 149 Å². The van der Waals surface area contributed by atoms with Gasteiger partial charge in [0.05, 0.1) is 0 Å². The standard InChI is InChI=1S/C19H16BrN3O/c20-18-15(7-5-13-22-18)11-10-14-6-4-12-21-17(14)19(24)23-16-8-2-1-3-9-16/h1-9,12-13H,10-11H2,(H,23,24). The van der Waals surface area contributed by atoms with Crippen LogP contribution in [0.1, 0.15) is 21.6 Å². The molecule has 0 bridgehead atoms. The van der Waals surface area contributed by atoms with Crippen LogP contribution in [0, 0.1) is 0 Å². The van der Waals surface area contributed by atoms with Gasteiger partial charge >= 0.3 is 0 Å². The van der Waals surface area contributed by atoms with Gasteiger partial charge in [0.15, 0.2) is 0 Å². The fraction of sp³-hybridized carbons (Fsp3) is 0.105. The van der Waals surface area contributed by atoms with E-state index in [1.54, 1.807) is 12.4 Å². The summed E-state index contributed by atoms with van der Waals surface area (Å²) in [5.74, 6) is -0.193. The number of halogens is 1. The first-order valence-electron chi connectivity index (χ1n) is 7.64. The molecule has 0 atom stereocenters. The minimum atomic E-state index is -0.193. The van der Waals surface area contributed by atoms with Crippen LogP contribution >= 0.6 is 15.9 Å². The van der Waals surface area contributed by atoms with E-state index in [2.05, 4.69) is 31.2 Å². The first-order chi connectivity index (χ1) is 11.7. The molecule has 0 radical (unpaired) electrons. The molecule has 0 aliphatic carbocycles. The normalized spacial score (nSPS) is 10.4. The molecule has 1 N–H and O–H groups in total. The van der Waals surface area contributed by atoms with Gasteiger partial charge in [-0.2, -0.15) is 0 Å². The fourth-order valence-electron chi connectivity index (χ4n) is 2.43. The lowest BCUT2D eigenvalue weighted by Crippen LogP contribution is -2.16. The summed E-state index contributed by atoms with van der Waals surface area (Å²) in [5.41, 5.74) is 3.24. The summed E-state index contributed by atoms with van der Waals surface area (Å²) in [6.07, 6.45) is 4.89. The summed E-state index contributed by atoms with van der Waals surface area (Å²) in [6, 6.07) is 17.1. The van der Waals surface area contributed by atoms with Gasteiger partial charge in [-0.05, 0) is 64.2 Å². The van der Waals surface area contributed by atoms with Gasteiger partial charge in [0.1, 0.15) is 10.3 Å². The Morgan fingerprint density at radius 1 is 0.875 bits per heavy atom. The van der Waals surface area contributed by atoms with Crippen molar-refractivity contribution in [1.82, 2.24) is 9.97 Å². The number of aromatic nitrogens is 2. The van der Waals surface area contributed by atoms with Gasteiger partial charge in [0, 0.05) is 18.1 Å². The molecule has 0 aliphatic heterocycles. The monoisotopic (exact) mass is 381 g/mol. The van der Waals surface area contributed by atoms with Crippen molar-refractivity contribution in [3.05, 3.63) is 88.4 Å². The number of aryl methyl sites for hydroxylation is 2. The minimum Gasteiger partial charge on any atom is -0.321 e. The summed E-state index contributed by atoms with van der Waals surface area (Å²) in [4.78, 5) is 21.0. The number of hydrogen-bond acceptors (Lipinski definition) is 3. The number of pyridine rings is 2. The van der Waals surface area contributed by atoms with Crippen LogP contribution < -0.4 is 5.32 Å². The van der Waals surface area contributed by atoms with Crippen molar-refractivity contribution in [1.29, 1.82) is 0 Å². The second-order valence-corrected chi connectivity index (χ2v) is 6.04. The van der Waals surface area contributed by atoms with Crippen molar-refractivity contribution < 1.29 is 4.79 Å². The van der Waals surface area contributed by atoms with Crippen LogP contribution in [0.3, 0.4) is 0 Å². The van der Waals surface area contributed by atoms with Gasteiger partial charge in [0.2, 0.25) is 0 Å². The topological polar surface area (TPSA) is 54.9 Å². The second-order valence-electron chi connectivity index (χ2n) is 5.28. The van der Waals surface area contributed by atoms with Crippen molar-refractivity contribution in [3.8, 4) is 0 Å². The number of amides is 1.